The van der Waals surface area contributed by atoms with Crippen molar-refractivity contribution in [3.8, 4) is 0 Å². The number of nitro groups is 1. The van der Waals surface area contributed by atoms with Crippen molar-refractivity contribution < 1.29 is 18.1 Å². The van der Waals surface area contributed by atoms with Crippen LogP contribution in [0.15, 0.2) is 47.4 Å². The van der Waals surface area contributed by atoms with Crippen LogP contribution in [0.3, 0.4) is 0 Å². The van der Waals surface area contributed by atoms with Crippen molar-refractivity contribution >= 4 is 44.8 Å². The van der Waals surface area contributed by atoms with Crippen molar-refractivity contribution in [3.63, 3.8) is 0 Å². The van der Waals surface area contributed by atoms with Crippen LogP contribution in [-0.4, -0.2) is 36.6 Å². The molecule has 1 fully saturated rings. The van der Waals surface area contributed by atoms with Gasteiger partial charge < -0.3 is 5.32 Å². The lowest BCUT2D eigenvalue weighted by Gasteiger charge is -2.30. The number of halogens is 2. The molecule has 160 valence electrons. The smallest absolute Gasteiger partial charge is 0.289 e. The molecule has 1 aliphatic rings. The molecule has 0 bridgehead atoms. The molecule has 0 spiro atoms. The van der Waals surface area contributed by atoms with Gasteiger partial charge in [0.15, 0.2) is 0 Å². The number of carbonyl (C=O) groups is 1. The van der Waals surface area contributed by atoms with Gasteiger partial charge in [-0.1, -0.05) is 35.3 Å². The van der Waals surface area contributed by atoms with E-state index >= 15 is 0 Å². The highest BCUT2D eigenvalue weighted by molar-refractivity contribution is 7.89. The minimum atomic E-state index is -3.92. The van der Waals surface area contributed by atoms with Crippen LogP contribution in [-0.2, 0) is 21.4 Å². The fourth-order valence-corrected chi connectivity index (χ4v) is 5.04. The third-order valence-corrected chi connectivity index (χ3v) is 7.42. The molecule has 2 aromatic rings. The van der Waals surface area contributed by atoms with Gasteiger partial charge in [0, 0.05) is 36.6 Å². The molecule has 30 heavy (non-hydrogen) atoms. The second kappa shape index (κ2) is 9.30. The van der Waals surface area contributed by atoms with Crippen LogP contribution in [0.5, 0.6) is 0 Å². The topological polar surface area (TPSA) is 110 Å². The van der Waals surface area contributed by atoms with Gasteiger partial charge in [-0.05, 0) is 42.7 Å². The summed E-state index contributed by atoms with van der Waals surface area (Å²) in [7, 11) is -3.92. The molecular formula is C19H19Cl2N3O5S. The lowest BCUT2D eigenvalue weighted by atomic mass is 9.97. The fourth-order valence-electron chi connectivity index (χ4n) is 3.24. The maximum absolute atomic E-state index is 12.8. The third-order valence-electron chi connectivity index (χ3n) is 4.96. The first kappa shape index (κ1) is 22.5. The number of nitrogens with zero attached hydrogens (tertiary/aromatic N) is 2. The van der Waals surface area contributed by atoms with Crippen LogP contribution in [0.4, 0.5) is 5.69 Å². The summed E-state index contributed by atoms with van der Waals surface area (Å²) < 4.78 is 26.9. The monoisotopic (exact) mass is 471 g/mol. The highest BCUT2D eigenvalue weighted by Gasteiger charge is 2.33. The SMILES string of the molecule is O=C(NCc1ccc(Cl)cc1)C1CCN(S(=O)(=O)c2ccc(Cl)c([N+](=O)[O-])c2)CC1. The highest BCUT2D eigenvalue weighted by Crippen LogP contribution is 2.30. The molecule has 1 N–H and O–H groups in total. The van der Waals surface area contributed by atoms with Gasteiger partial charge in [0.25, 0.3) is 5.69 Å². The zero-order chi connectivity index (χ0) is 21.9. The predicted molar refractivity (Wildman–Crippen MR) is 113 cm³/mol. The van der Waals surface area contributed by atoms with Crippen molar-refractivity contribution in [2.24, 2.45) is 5.92 Å². The molecule has 0 unspecified atom stereocenters. The van der Waals surface area contributed by atoms with E-state index in [-0.39, 0.29) is 34.8 Å². The summed E-state index contributed by atoms with van der Waals surface area (Å²) in [6.45, 7) is 0.665. The van der Waals surface area contributed by atoms with Crippen LogP contribution in [0, 0.1) is 16.0 Å². The second-order valence-corrected chi connectivity index (χ2v) is 9.67. The molecule has 8 nitrogen and oxygen atoms in total. The van der Waals surface area contributed by atoms with E-state index in [0.29, 0.717) is 24.4 Å². The molecule has 0 saturated carbocycles. The Balaban J connectivity index is 1.60. The summed E-state index contributed by atoms with van der Waals surface area (Å²) >= 11 is 11.6. The van der Waals surface area contributed by atoms with Crippen LogP contribution in [0.1, 0.15) is 18.4 Å². The number of benzene rings is 2. The largest absolute Gasteiger partial charge is 0.352 e. The number of sulfonamides is 1. The van der Waals surface area contributed by atoms with Gasteiger partial charge in [0.1, 0.15) is 5.02 Å². The Kier molecular flexibility index (Phi) is 6.97. The number of nitro benzene ring substituents is 1. The lowest BCUT2D eigenvalue weighted by molar-refractivity contribution is -0.384. The van der Waals surface area contributed by atoms with E-state index in [1.165, 1.54) is 16.4 Å². The van der Waals surface area contributed by atoms with Crippen molar-refractivity contribution in [2.45, 2.75) is 24.3 Å². The summed E-state index contributed by atoms with van der Waals surface area (Å²) in [5.41, 5.74) is 0.450. The maximum Gasteiger partial charge on any atom is 0.289 e. The summed E-state index contributed by atoms with van der Waals surface area (Å²) in [5.74, 6) is -0.438. The first-order valence-electron chi connectivity index (χ1n) is 9.15. The van der Waals surface area contributed by atoms with Crippen molar-refractivity contribution in [2.75, 3.05) is 13.1 Å². The Bertz CT molecular complexity index is 1050. The van der Waals surface area contributed by atoms with Gasteiger partial charge in [0.05, 0.1) is 9.82 Å². The Hall–Kier alpha value is -2.20. The van der Waals surface area contributed by atoms with Gasteiger partial charge in [-0.15, -0.1) is 0 Å². The van der Waals surface area contributed by atoms with E-state index in [2.05, 4.69) is 5.32 Å². The van der Waals surface area contributed by atoms with Gasteiger partial charge >= 0.3 is 0 Å². The number of piperidine rings is 1. The van der Waals surface area contributed by atoms with E-state index in [1.54, 1.807) is 12.1 Å². The van der Waals surface area contributed by atoms with E-state index in [0.717, 1.165) is 11.6 Å². The van der Waals surface area contributed by atoms with Crippen molar-refractivity contribution in [1.29, 1.82) is 0 Å². The fraction of sp³-hybridized carbons (Fsp3) is 0.316. The van der Waals surface area contributed by atoms with Crippen LogP contribution < -0.4 is 5.32 Å². The number of hydrogen-bond donors (Lipinski definition) is 1. The van der Waals surface area contributed by atoms with Crippen molar-refractivity contribution in [3.05, 3.63) is 68.2 Å². The van der Waals surface area contributed by atoms with Gasteiger partial charge in [-0.3, -0.25) is 14.9 Å². The quantitative estimate of drug-likeness (QED) is 0.510. The molecule has 2 aromatic carbocycles. The number of rotatable bonds is 6. The van der Waals surface area contributed by atoms with Crippen LogP contribution in [0.25, 0.3) is 0 Å². The maximum atomic E-state index is 12.8. The van der Waals surface area contributed by atoms with E-state index < -0.39 is 20.6 Å². The zero-order valence-electron chi connectivity index (χ0n) is 15.8. The van der Waals surface area contributed by atoms with Gasteiger partial charge in [-0.25, -0.2) is 8.42 Å². The predicted octanol–water partition coefficient (Wildman–Crippen LogP) is 3.62. The number of nitrogens with one attached hydrogen (secondary N) is 1. The second-order valence-electron chi connectivity index (χ2n) is 6.89. The molecule has 0 radical (unpaired) electrons. The average Bonchev–Trinajstić information content (AvgIpc) is 2.73. The molecule has 1 saturated heterocycles. The molecule has 1 aliphatic heterocycles. The van der Waals surface area contributed by atoms with E-state index in [9.17, 15) is 23.3 Å². The highest BCUT2D eigenvalue weighted by atomic mass is 35.5. The zero-order valence-corrected chi connectivity index (χ0v) is 18.1. The third kappa shape index (κ3) is 5.10. The summed E-state index contributed by atoms with van der Waals surface area (Å²) in [6, 6.07) is 10.5. The molecular weight excluding hydrogens is 453 g/mol. The minimum absolute atomic E-state index is 0.130. The average molecular weight is 472 g/mol. The van der Waals surface area contributed by atoms with Crippen LogP contribution in [0.2, 0.25) is 10.0 Å². The van der Waals surface area contributed by atoms with Crippen LogP contribution >= 0.6 is 23.2 Å². The molecule has 3 rings (SSSR count). The normalized spacial score (nSPS) is 15.7. The standard InChI is InChI=1S/C19H19Cl2N3O5S/c20-15-3-1-13(2-4-15)12-22-19(25)14-7-9-23(10-8-14)30(28,29)16-5-6-17(21)18(11-16)24(26)27/h1-6,11,14H,7-10,12H2,(H,22,25). The van der Waals surface area contributed by atoms with Crippen molar-refractivity contribution in [1.82, 2.24) is 9.62 Å². The Labute approximate surface area is 184 Å². The number of hydrogen-bond acceptors (Lipinski definition) is 5. The molecule has 1 amide bonds. The number of amides is 1. The molecule has 0 aromatic heterocycles. The first-order chi connectivity index (χ1) is 14.2. The Morgan fingerprint density at radius 1 is 1.13 bits per heavy atom. The summed E-state index contributed by atoms with van der Waals surface area (Å²) in [5, 5.41) is 14.4. The number of carbonyl (C=O) groups excluding carboxylic acids is 1. The van der Waals surface area contributed by atoms with Gasteiger partial charge in [0.2, 0.25) is 15.9 Å². The summed E-state index contributed by atoms with van der Waals surface area (Å²) in [6.07, 6.45) is 0.725. The Morgan fingerprint density at radius 2 is 1.77 bits per heavy atom. The van der Waals surface area contributed by atoms with E-state index in [1.807, 2.05) is 12.1 Å². The molecule has 11 heteroatoms. The lowest BCUT2D eigenvalue weighted by Crippen LogP contribution is -2.42. The minimum Gasteiger partial charge on any atom is -0.352 e. The summed E-state index contributed by atoms with van der Waals surface area (Å²) in [4.78, 5) is 22.6. The molecule has 1 heterocycles. The Morgan fingerprint density at radius 3 is 2.37 bits per heavy atom. The molecule has 0 atom stereocenters. The first-order valence-corrected chi connectivity index (χ1v) is 11.3. The van der Waals surface area contributed by atoms with Gasteiger partial charge in [-0.2, -0.15) is 4.31 Å². The molecule has 0 aliphatic carbocycles. The van der Waals surface area contributed by atoms with E-state index in [4.69, 9.17) is 23.2 Å².